The highest BCUT2D eigenvalue weighted by atomic mass is 32.1. The minimum Gasteiger partial charge on any atom is -0.340 e. The summed E-state index contributed by atoms with van der Waals surface area (Å²) in [5.74, 6) is 1.43. The molecule has 21 heavy (non-hydrogen) atoms. The first-order valence-electron chi connectivity index (χ1n) is 7.29. The number of aromatic nitrogens is 3. The fourth-order valence-corrected chi connectivity index (χ4v) is 3.39. The molecule has 3 heterocycles. The molecule has 2 aromatic heterocycles. The molecular weight excluding hydrogens is 286 g/mol. The second-order valence-corrected chi connectivity index (χ2v) is 6.37. The SMILES string of the molecule is Cc1nc(CN2CCC[C@@H](N(C)Cc3cscn3)C2)no1. The van der Waals surface area contributed by atoms with Gasteiger partial charge in [0.05, 0.1) is 17.7 Å². The van der Waals surface area contributed by atoms with Crippen LogP contribution >= 0.6 is 11.3 Å². The molecule has 1 aliphatic rings. The van der Waals surface area contributed by atoms with E-state index in [0.29, 0.717) is 11.9 Å². The summed E-state index contributed by atoms with van der Waals surface area (Å²) < 4.78 is 5.05. The Morgan fingerprint density at radius 2 is 2.43 bits per heavy atom. The predicted octanol–water partition coefficient (Wildman–Crippen LogP) is 1.93. The van der Waals surface area contributed by atoms with Crippen molar-refractivity contribution >= 4 is 11.3 Å². The Morgan fingerprint density at radius 1 is 1.52 bits per heavy atom. The standard InChI is InChI=1S/C14H21N5OS/c1-11-16-14(17-20-11)8-19-5-3-4-13(7-19)18(2)6-12-9-21-10-15-12/h9-10,13H,3-8H2,1-2H3/t13-/m1/s1. The Labute approximate surface area is 128 Å². The van der Waals surface area contributed by atoms with Crippen LogP contribution in [0, 0.1) is 6.92 Å². The molecule has 0 N–H and O–H groups in total. The lowest BCUT2D eigenvalue weighted by Gasteiger charge is -2.36. The lowest BCUT2D eigenvalue weighted by Crippen LogP contribution is -2.45. The summed E-state index contributed by atoms with van der Waals surface area (Å²) in [6.07, 6.45) is 2.45. The van der Waals surface area contributed by atoms with Crippen molar-refractivity contribution in [3.8, 4) is 0 Å². The van der Waals surface area contributed by atoms with Crippen LogP contribution in [0.3, 0.4) is 0 Å². The Balaban J connectivity index is 1.55. The van der Waals surface area contributed by atoms with Crippen LogP contribution in [0.1, 0.15) is 30.3 Å². The average molecular weight is 307 g/mol. The molecule has 0 amide bonds. The molecule has 0 unspecified atom stereocenters. The summed E-state index contributed by atoms with van der Waals surface area (Å²) in [4.78, 5) is 13.5. The van der Waals surface area contributed by atoms with E-state index in [9.17, 15) is 0 Å². The van der Waals surface area contributed by atoms with Crippen LogP contribution in [0.25, 0.3) is 0 Å². The molecule has 3 rings (SSSR count). The molecule has 1 atom stereocenters. The Hall–Kier alpha value is -1.31. The van der Waals surface area contributed by atoms with Crippen molar-refractivity contribution in [3.63, 3.8) is 0 Å². The molecular formula is C14H21N5OS. The van der Waals surface area contributed by atoms with Crippen LogP contribution in [-0.2, 0) is 13.1 Å². The van der Waals surface area contributed by atoms with Gasteiger partial charge < -0.3 is 4.52 Å². The maximum atomic E-state index is 5.05. The lowest BCUT2D eigenvalue weighted by atomic mass is 10.0. The van der Waals surface area contributed by atoms with E-state index in [1.165, 1.54) is 12.8 Å². The summed E-state index contributed by atoms with van der Waals surface area (Å²) >= 11 is 1.66. The summed E-state index contributed by atoms with van der Waals surface area (Å²) in [6.45, 7) is 5.68. The molecule has 0 radical (unpaired) electrons. The van der Waals surface area contributed by atoms with Gasteiger partial charge in [-0.05, 0) is 26.4 Å². The van der Waals surface area contributed by atoms with Crippen LogP contribution in [0.5, 0.6) is 0 Å². The fourth-order valence-electron chi connectivity index (χ4n) is 2.84. The van der Waals surface area contributed by atoms with E-state index in [4.69, 9.17) is 4.52 Å². The molecule has 0 aliphatic carbocycles. The quantitative estimate of drug-likeness (QED) is 0.841. The van der Waals surface area contributed by atoms with E-state index in [1.54, 1.807) is 11.3 Å². The fraction of sp³-hybridized carbons (Fsp3) is 0.643. The van der Waals surface area contributed by atoms with Gasteiger partial charge in [-0.3, -0.25) is 9.80 Å². The molecule has 0 aromatic carbocycles. The van der Waals surface area contributed by atoms with Gasteiger partial charge >= 0.3 is 0 Å². The number of hydrogen-bond acceptors (Lipinski definition) is 7. The van der Waals surface area contributed by atoms with Gasteiger partial charge in [0.1, 0.15) is 0 Å². The normalized spacial score (nSPS) is 20.2. The van der Waals surface area contributed by atoms with Crippen LogP contribution in [0.4, 0.5) is 0 Å². The first-order valence-corrected chi connectivity index (χ1v) is 8.24. The summed E-state index contributed by atoms with van der Waals surface area (Å²) in [7, 11) is 2.19. The van der Waals surface area contributed by atoms with E-state index in [0.717, 1.165) is 37.7 Å². The zero-order valence-corrected chi connectivity index (χ0v) is 13.3. The zero-order valence-electron chi connectivity index (χ0n) is 12.5. The number of hydrogen-bond donors (Lipinski definition) is 0. The molecule has 2 aromatic rings. The van der Waals surface area contributed by atoms with Crippen LogP contribution in [-0.4, -0.2) is 51.1 Å². The van der Waals surface area contributed by atoms with Crippen molar-refractivity contribution in [1.82, 2.24) is 24.9 Å². The van der Waals surface area contributed by atoms with Gasteiger partial charge in [0, 0.05) is 31.4 Å². The molecule has 0 bridgehead atoms. The maximum Gasteiger partial charge on any atom is 0.223 e. The van der Waals surface area contributed by atoms with Gasteiger partial charge in [0.15, 0.2) is 5.82 Å². The number of thiazole rings is 1. The number of likely N-dealkylation sites (tertiary alicyclic amines) is 1. The average Bonchev–Trinajstić information content (AvgIpc) is 3.11. The van der Waals surface area contributed by atoms with Gasteiger partial charge in [0.25, 0.3) is 0 Å². The topological polar surface area (TPSA) is 58.3 Å². The first kappa shape index (κ1) is 14.6. The van der Waals surface area contributed by atoms with Crippen LogP contribution in [0.15, 0.2) is 15.4 Å². The van der Waals surface area contributed by atoms with Crippen molar-refractivity contribution < 1.29 is 4.52 Å². The van der Waals surface area contributed by atoms with E-state index in [1.807, 2.05) is 12.4 Å². The smallest absolute Gasteiger partial charge is 0.223 e. The van der Waals surface area contributed by atoms with E-state index < -0.39 is 0 Å². The third-order valence-corrected chi connectivity index (χ3v) is 4.57. The minimum atomic E-state index is 0.563. The molecule has 0 saturated carbocycles. The highest BCUT2D eigenvalue weighted by Gasteiger charge is 2.24. The van der Waals surface area contributed by atoms with E-state index in [-0.39, 0.29) is 0 Å². The van der Waals surface area contributed by atoms with Crippen molar-refractivity contribution in [3.05, 3.63) is 28.3 Å². The lowest BCUT2D eigenvalue weighted by molar-refractivity contribution is 0.104. The zero-order chi connectivity index (χ0) is 14.7. The summed E-state index contributed by atoms with van der Waals surface area (Å²) in [5.41, 5.74) is 3.06. The summed E-state index contributed by atoms with van der Waals surface area (Å²) in [5, 5.41) is 6.11. The molecule has 7 heteroatoms. The van der Waals surface area contributed by atoms with Crippen molar-refractivity contribution in [1.29, 1.82) is 0 Å². The van der Waals surface area contributed by atoms with E-state index >= 15 is 0 Å². The Morgan fingerprint density at radius 3 is 3.14 bits per heavy atom. The third kappa shape index (κ3) is 3.87. The van der Waals surface area contributed by atoms with Gasteiger partial charge in [-0.25, -0.2) is 4.98 Å². The number of aryl methyl sites for hydroxylation is 1. The maximum absolute atomic E-state index is 5.05. The van der Waals surface area contributed by atoms with Crippen LogP contribution in [0.2, 0.25) is 0 Å². The predicted molar refractivity (Wildman–Crippen MR) is 80.9 cm³/mol. The van der Waals surface area contributed by atoms with Gasteiger partial charge in [-0.15, -0.1) is 11.3 Å². The second kappa shape index (κ2) is 6.64. The van der Waals surface area contributed by atoms with Crippen molar-refractivity contribution in [2.24, 2.45) is 0 Å². The molecule has 0 spiro atoms. The van der Waals surface area contributed by atoms with Gasteiger partial charge in [0.2, 0.25) is 5.89 Å². The van der Waals surface area contributed by atoms with E-state index in [2.05, 4.69) is 37.4 Å². The van der Waals surface area contributed by atoms with Crippen LogP contribution < -0.4 is 0 Å². The Bertz CT molecular complexity index is 555. The minimum absolute atomic E-state index is 0.563. The molecule has 1 fully saturated rings. The highest BCUT2D eigenvalue weighted by molar-refractivity contribution is 7.07. The van der Waals surface area contributed by atoms with Crippen molar-refractivity contribution in [2.45, 2.75) is 38.9 Å². The molecule has 1 saturated heterocycles. The van der Waals surface area contributed by atoms with Crippen molar-refractivity contribution in [2.75, 3.05) is 20.1 Å². The number of piperidine rings is 1. The van der Waals surface area contributed by atoms with Gasteiger partial charge in [-0.1, -0.05) is 5.16 Å². The molecule has 6 nitrogen and oxygen atoms in total. The first-order chi connectivity index (χ1) is 10.2. The second-order valence-electron chi connectivity index (χ2n) is 5.66. The number of rotatable bonds is 5. The molecule has 1 aliphatic heterocycles. The Kier molecular flexibility index (Phi) is 4.62. The number of likely N-dealkylation sites (N-methyl/N-ethyl adjacent to an activating group) is 1. The highest BCUT2D eigenvalue weighted by Crippen LogP contribution is 2.18. The largest absolute Gasteiger partial charge is 0.340 e. The molecule has 114 valence electrons. The third-order valence-electron chi connectivity index (χ3n) is 3.93. The monoisotopic (exact) mass is 307 g/mol. The number of nitrogens with zero attached hydrogens (tertiary/aromatic N) is 5. The summed E-state index contributed by atoms with van der Waals surface area (Å²) in [6, 6.07) is 0.563. The van der Waals surface area contributed by atoms with Gasteiger partial charge in [-0.2, -0.15) is 4.98 Å².